The van der Waals surface area contributed by atoms with Gasteiger partial charge in [0.15, 0.2) is 0 Å². The maximum atomic E-state index is 13.2. The lowest BCUT2D eigenvalue weighted by Gasteiger charge is -2.32. The van der Waals surface area contributed by atoms with Crippen molar-refractivity contribution < 1.29 is 19.1 Å². The summed E-state index contributed by atoms with van der Waals surface area (Å²) in [6, 6.07) is 3.25. The number of amides is 1. The van der Waals surface area contributed by atoms with Gasteiger partial charge in [0, 0.05) is 5.41 Å². The minimum absolute atomic E-state index is 0.00209. The Morgan fingerprint density at radius 3 is 2.60 bits per heavy atom. The molecule has 1 fully saturated rings. The van der Waals surface area contributed by atoms with Gasteiger partial charge in [0.1, 0.15) is 5.82 Å². The van der Waals surface area contributed by atoms with E-state index in [0.717, 1.165) is 31.3 Å². The van der Waals surface area contributed by atoms with Crippen LogP contribution < -0.4 is 10.6 Å². The first-order chi connectivity index (χ1) is 9.42. The van der Waals surface area contributed by atoms with Gasteiger partial charge in [-0.05, 0) is 44.1 Å². The summed E-state index contributed by atoms with van der Waals surface area (Å²) in [5.74, 6) is -2.05. The molecular formula is C14H17FN2O3. The van der Waals surface area contributed by atoms with E-state index in [4.69, 9.17) is 5.11 Å². The number of carbonyl (C=O) groups excluding carboxylic acids is 1. The Morgan fingerprint density at radius 1 is 1.35 bits per heavy atom. The van der Waals surface area contributed by atoms with Gasteiger partial charge in [-0.2, -0.15) is 0 Å². The Kier molecular flexibility index (Phi) is 4.04. The van der Waals surface area contributed by atoms with Crippen molar-refractivity contribution >= 4 is 17.6 Å². The van der Waals surface area contributed by atoms with Crippen molar-refractivity contribution in [1.29, 1.82) is 0 Å². The quantitative estimate of drug-likeness (QED) is 0.789. The minimum Gasteiger partial charge on any atom is -0.478 e. The SMILES string of the molecule is CC1(C(=O)Nc2cc(F)ccc2C(=O)O)CCNCC1. The summed E-state index contributed by atoms with van der Waals surface area (Å²) in [5, 5.41) is 14.8. The standard InChI is InChI=1S/C14H17FN2O3/c1-14(4-6-16-7-5-14)13(20)17-11-8-9(15)2-3-10(11)12(18)19/h2-3,8,16H,4-7H2,1H3,(H,17,20)(H,18,19). The molecule has 0 aliphatic carbocycles. The van der Waals surface area contributed by atoms with Crippen LogP contribution in [0.4, 0.5) is 10.1 Å². The molecule has 1 saturated heterocycles. The Labute approximate surface area is 116 Å². The van der Waals surface area contributed by atoms with E-state index in [1.807, 2.05) is 6.92 Å². The molecule has 5 nitrogen and oxygen atoms in total. The molecule has 0 bridgehead atoms. The number of aromatic carboxylic acids is 1. The van der Waals surface area contributed by atoms with E-state index in [1.165, 1.54) is 0 Å². The lowest BCUT2D eigenvalue weighted by atomic mass is 9.80. The molecule has 20 heavy (non-hydrogen) atoms. The predicted molar refractivity (Wildman–Crippen MR) is 72.2 cm³/mol. The number of piperidine rings is 1. The summed E-state index contributed by atoms with van der Waals surface area (Å²) < 4.78 is 13.2. The Morgan fingerprint density at radius 2 is 2.00 bits per heavy atom. The highest BCUT2D eigenvalue weighted by molar-refractivity contribution is 6.02. The summed E-state index contributed by atoms with van der Waals surface area (Å²) in [6.07, 6.45) is 1.33. The molecule has 108 valence electrons. The van der Waals surface area contributed by atoms with Gasteiger partial charge in [-0.25, -0.2) is 9.18 Å². The first kappa shape index (κ1) is 14.5. The zero-order valence-electron chi connectivity index (χ0n) is 11.2. The van der Waals surface area contributed by atoms with Crippen LogP contribution in [-0.2, 0) is 4.79 Å². The highest BCUT2D eigenvalue weighted by Crippen LogP contribution is 2.30. The summed E-state index contributed by atoms with van der Waals surface area (Å²) in [5.41, 5.74) is -0.674. The van der Waals surface area contributed by atoms with Gasteiger partial charge in [-0.15, -0.1) is 0 Å². The van der Waals surface area contributed by atoms with Gasteiger partial charge in [0.25, 0.3) is 0 Å². The molecule has 0 atom stereocenters. The number of carboxylic acids is 1. The predicted octanol–water partition coefficient (Wildman–Crippen LogP) is 1.85. The van der Waals surface area contributed by atoms with Crippen LogP contribution in [0.3, 0.4) is 0 Å². The fourth-order valence-electron chi connectivity index (χ4n) is 2.29. The number of hydrogen-bond donors (Lipinski definition) is 3. The van der Waals surface area contributed by atoms with E-state index in [2.05, 4.69) is 10.6 Å². The number of hydrogen-bond acceptors (Lipinski definition) is 3. The van der Waals surface area contributed by atoms with Crippen molar-refractivity contribution in [2.75, 3.05) is 18.4 Å². The highest BCUT2D eigenvalue weighted by Gasteiger charge is 2.35. The number of carbonyl (C=O) groups is 2. The van der Waals surface area contributed by atoms with Crippen LogP contribution in [0, 0.1) is 11.2 Å². The van der Waals surface area contributed by atoms with Crippen molar-refractivity contribution in [2.45, 2.75) is 19.8 Å². The molecule has 0 spiro atoms. The molecule has 1 aromatic rings. The van der Waals surface area contributed by atoms with Gasteiger partial charge in [0.2, 0.25) is 5.91 Å². The molecule has 0 aromatic heterocycles. The van der Waals surface area contributed by atoms with Crippen LogP contribution in [0.2, 0.25) is 0 Å². The Balaban J connectivity index is 2.23. The van der Waals surface area contributed by atoms with Crippen LogP contribution in [0.25, 0.3) is 0 Å². The molecule has 1 amide bonds. The number of anilines is 1. The zero-order valence-corrected chi connectivity index (χ0v) is 11.2. The first-order valence-electron chi connectivity index (χ1n) is 6.47. The number of benzene rings is 1. The summed E-state index contributed by atoms with van der Waals surface area (Å²) in [6.45, 7) is 3.31. The number of carboxylic acid groups (broad SMARTS) is 1. The lowest BCUT2D eigenvalue weighted by molar-refractivity contribution is -0.126. The molecule has 1 aliphatic rings. The van der Waals surface area contributed by atoms with Crippen molar-refractivity contribution in [2.24, 2.45) is 5.41 Å². The topological polar surface area (TPSA) is 78.4 Å². The van der Waals surface area contributed by atoms with E-state index in [0.29, 0.717) is 12.8 Å². The van der Waals surface area contributed by atoms with Gasteiger partial charge in [-0.1, -0.05) is 6.92 Å². The van der Waals surface area contributed by atoms with Crippen LogP contribution in [0.5, 0.6) is 0 Å². The smallest absolute Gasteiger partial charge is 0.337 e. The average molecular weight is 280 g/mol. The summed E-state index contributed by atoms with van der Waals surface area (Å²) >= 11 is 0. The van der Waals surface area contributed by atoms with Gasteiger partial charge < -0.3 is 15.7 Å². The number of halogens is 1. The van der Waals surface area contributed by atoms with Crippen LogP contribution in [0.15, 0.2) is 18.2 Å². The van der Waals surface area contributed by atoms with Crippen LogP contribution in [-0.4, -0.2) is 30.1 Å². The van der Waals surface area contributed by atoms with Crippen molar-refractivity contribution in [1.82, 2.24) is 5.32 Å². The van der Waals surface area contributed by atoms with Gasteiger partial charge in [-0.3, -0.25) is 4.79 Å². The minimum atomic E-state index is -1.20. The second-order valence-electron chi connectivity index (χ2n) is 5.26. The van der Waals surface area contributed by atoms with Crippen LogP contribution in [0.1, 0.15) is 30.1 Å². The Bertz CT molecular complexity index is 539. The van der Waals surface area contributed by atoms with E-state index in [1.54, 1.807) is 0 Å². The first-order valence-corrected chi connectivity index (χ1v) is 6.47. The second-order valence-corrected chi connectivity index (χ2v) is 5.26. The van der Waals surface area contributed by atoms with E-state index >= 15 is 0 Å². The molecule has 3 N–H and O–H groups in total. The molecular weight excluding hydrogens is 263 g/mol. The molecule has 0 unspecified atom stereocenters. The monoisotopic (exact) mass is 280 g/mol. The van der Waals surface area contributed by atoms with Gasteiger partial charge in [0.05, 0.1) is 11.3 Å². The Hall–Kier alpha value is -1.95. The third-order valence-corrected chi connectivity index (χ3v) is 3.72. The number of nitrogens with one attached hydrogen (secondary N) is 2. The van der Waals surface area contributed by atoms with Crippen molar-refractivity contribution in [3.8, 4) is 0 Å². The third-order valence-electron chi connectivity index (χ3n) is 3.72. The molecule has 0 saturated carbocycles. The largest absolute Gasteiger partial charge is 0.478 e. The third kappa shape index (κ3) is 2.96. The molecule has 1 heterocycles. The molecule has 1 aromatic carbocycles. The molecule has 1 aliphatic heterocycles. The molecule has 2 rings (SSSR count). The van der Waals surface area contributed by atoms with Crippen molar-refractivity contribution in [3.63, 3.8) is 0 Å². The fourth-order valence-corrected chi connectivity index (χ4v) is 2.29. The molecule has 6 heteroatoms. The van der Waals surface area contributed by atoms with Gasteiger partial charge >= 0.3 is 5.97 Å². The highest BCUT2D eigenvalue weighted by atomic mass is 19.1. The van der Waals surface area contributed by atoms with E-state index in [9.17, 15) is 14.0 Å². The second kappa shape index (κ2) is 5.58. The average Bonchev–Trinajstić information content (AvgIpc) is 2.39. The maximum absolute atomic E-state index is 13.2. The van der Waals surface area contributed by atoms with Crippen LogP contribution >= 0.6 is 0 Å². The van der Waals surface area contributed by atoms with E-state index in [-0.39, 0.29) is 17.2 Å². The zero-order chi connectivity index (χ0) is 14.8. The summed E-state index contributed by atoms with van der Waals surface area (Å²) in [7, 11) is 0. The summed E-state index contributed by atoms with van der Waals surface area (Å²) in [4.78, 5) is 23.4. The van der Waals surface area contributed by atoms with E-state index < -0.39 is 17.2 Å². The maximum Gasteiger partial charge on any atom is 0.337 e. The number of rotatable bonds is 3. The fraction of sp³-hybridized carbons (Fsp3) is 0.429. The molecule has 0 radical (unpaired) electrons. The lowest BCUT2D eigenvalue weighted by Crippen LogP contribution is -2.43. The van der Waals surface area contributed by atoms with Crippen molar-refractivity contribution in [3.05, 3.63) is 29.6 Å². The normalized spacial score (nSPS) is 17.5.